The molecular formula is C22H22N4. The van der Waals surface area contributed by atoms with Gasteiger partial charge < -0.3 is 4.90 Å². The largest absolute Gasteiger partial charge is 0.370 e. The Labute approximate surface area is 153 Å². The molecule has 0 amide bonds. The molecule has 4 nitrogen and oxygen atoms in total. The van der Waals surface area contributed by atoms with Gasteiger partial charge in [-0.2, -0.15) is 0 Å². The molecule has 0 atom stereocenters. The fraction of sp³-hybridized carbons (Fsp3) is 0.273. The van der Waals surface area contributed by atoms with Crippen LogP contribution < -0.4 is 4.90 Å². The molecule has 0 aliphatic carbocycles. The smallest absolute Gasteiger partial charge is 0.139 e. The van der Waals surface area contributed by atoms with Crippen LogP contribution in [0.5, 0.6) is 0 Å². The summed E-state index contributed by atoms with van der Waals surface area (Å²) in [5.41, 5.74) is 4.41. The summed E-state index contributed by atoms with van der Waals surface area (Å²) in [6.45, 7) is 4.57. The van der Waals surface area contributed by atoms with Gasteiger partial charge in [-0.25, -0.2) is 9.97 Å². The van der Waals surface area contributed by atoms with E-state index in [0.717, 1.165) is 41.4 Å². The number of imidazole rings is 1. The number of rotatable bonds is 2. The summed E-state index contributed by atoms with van der Waals surface area (Å²) in [4.78, 5) is 12.0. The Hall–Kier alpha value is -2.88. The van der Waals surface area contributed by atoms with Crippen LogP contribution in [0.2, 0.25) is 0 Å². The van der Waals surface area contributed by atoms with Crippen molar-refractivity contribution in [3.8, 4) is 5.82 Å². The zero-order chi connectivity index (χ0) is 17.5. The van der Waals surface area contributed by atoms with Crippen LogP contribution in [0.1, 0.15) is 19.8 Å². The molecule has 1 aliphatic heterocycles. The van der Waals surface area contributed by atoms with Crippen molar-refractivity contribution in [2.24, 2.45) is 5.92 Å². The van der Waals surface area contributed by atoms with Crippen LogP contribution in [0.3, 0.4) is 0 Å². The molecule has 1 saturated heterocycles. The number of hydrogen-bond acceptors (Lipinski definition) is 3. The Morgan fingerprint density at radius 2 is 1.77 bits per heavy atom. The molecule has 0 bridgehead atoms. The summed E-state index contributed by atoms with van der Waals surface area (Å²) in [5, 5.41) is 1.19. The van der Waals surface area contributed by atoms with Gasteiger partial charge in [0, 0.05) is 18.5 Å². The van der Waals surface area contributed by atoms with Crippen molar-refractivity contribution in [2.75, 3.05) is 18.0 Å². The van der Waals surface area contributed by atoms with Crippen LogP contribution in [0.4, 0.5) is 5.69 Å². The first-order valence-electron chi connectivity index (χ1n) is 9.37. The summed E-state index contributed by atoms with van der Waals surface area (Å²) in [6.07, 6.45) is 4.37. The van der Waals surface area contributed by atoms with Crippen molar-refractivity contribution in [3.05, 3.63) is 60.9 Å². The van der Waals surface area contributed by atoms with E-state index < -0.39 is 0 Å². The molecule has 1 aliphatic rings. The highest BCUT2D eigenvalue weighted by Crippen LogP contribution is 2.30. The van der Waals surface area contributed by atoms with E-state index in [2.05, 4.69) is 57.8 Å². The third kappa shape index (κ3) is 2.53. The van der Waals surface area contributed by atoms with Gasteiger partial charge in [-0.15, -0.1) is 0 Å². The van der Waals surface area contributed by atoms with Crippen molar-refractivity contribution in [1.82, 2.24) is 14.5 Å². The lowest BCUT2D eigenvalue weighted by Gasteiger charge is -2.32. The number of piperidine rings is 1. The van der Waals surface area contributed by atoms with Crippen LogP contribution in [0.15, 0.2) is 60.9 Å². The van der Waals surface area contributed by atoms with Gasteiger partial charge in [0.15, 0.2) is 0 Å². The Morgan fingerprint density at radius 3 is 2.65 bits per heavy atom. The van der Waals surface area contributed by atoms with E-state index >= 15 is 0 Å². The van der Waals surface area contributed by atoms with E-state index in [1.807, 2.05) is 24.5 Å². The number of aromatic nitrogens is 3. The van der Waals surface area contributed by atoms with Crippen LogP contribution in [0, 0.1) is 5.92 Å². The maximum absolute atomic E-state index is 5.04. The molecule has 0 radical (unpaired) electrons. The van der Waals surface area contributed by atoms with Crippen LogP contribution in [0.25, 0.3) is 27.8 Å². The molecule has 4 aromatic rings. The maximum atomic E-state index is 5.04. The number of hydrogen-bond donors (Lipinski definition) is 0. The molecule has 2 aromatic carbocycles. The van der Waals surface area contributed by atoms with Gasteiger partial charge in [-0.3, -0.25) is 4.57 Å². The lowest BCUT2D eigenvalue weighted by molar-refractivity contribution is 0.439. The molecule has 0 unspecified atom stereocenters. The normalized spacial score (nSPS) is 15.8. The van der Waals surface area contributed by atoms with E-state index in [-0.39, 0.29) is 0 Å². The van der Waals surface area contributed by atoms with E-state index in [1.54, 1.807) is 0 Å². The summed E-state index contributed by atoms with van der Waals surface area (Å²) in [7, 11) is 0. The van der Waals surface area contributed by atoms with Gasteiger partial charge in [0.2, 0.25) is 0 Å². The second-order valence-corrected chi connectivity index (χ2v) is 7.29. The Balaban J connectivity index is 1.64. The molecule has 2 aromatic heterocycles. The lowest BCUT2D eigenvalue weighted by Crippen LogP contribution is -2.32. The van der Waals surface area contributed by atoms with Crippen molar-refractivity contribution in [2.45, 2.75) is 19.8 Å². The zero-order valence-corrected chi connectivity index (χ0v) is 15.0. The first-order valence-corrected chi connectivity index (χ1v) is 9.37. The molecule has 3 heterocycles. The lowest BCUT2D eigenvalue weighted by atomic mass is 9.98. The maximum Gasteiger partial charge on any atom is 0.139 e. The van der Waals surface area contributed by atoms with Crippen molar-refractivity contribution >= 4 is 27.6 Å². The van der Waals surface area contributed by atoms with Gasteiger partial charge in [-0.05, 0) is 49.1 Å². The quantitative estimate of drug-likeness (QED) is 0.524. The van der Waals surface area contributed by atoms with Gasteiger partial charge in [0.05, 0.1) is 22.2 Å². The second kappa shape index (κ2) is 6.13. The zero-order valence-electron chi connectivity index (χ0n) is 15.0. The number of para-hydroxylation sites is 3. The average molecular weight is 342 g/mol. The van der Waals surface area contributed by atoms with Crippen molar-refractivity contribution in [1.29, 1.82) is 0 Å². The van der Waals surface area contributed by atoms with Crippen LogP contribution in [-0.2, 0) is 0 Å². The molecule has 0 N–H and O–H groups in total. The topological polar surface area (TPSA) is 34.0 Å². The third-order valence-corrected chi connectivity index (χ3v) is 5.51. The van der Waals surface area contributed by atoms with E-state index in [9.17, 15) is 0 Å². The van der Waals surface area contributed by atoms with Gasteiger partial charge in [0.1, 0.15) is 12.1 Å². The van der Waals surface area contributed by atoms with Crippen molar-refractivity contribution < 1.29 is 0 Å². The average Bonchev–Trinajstić information content (AvgIpc) is 3.12. The molecule has 0 spiro atoms. The molecule has 0 saturated carbocycles. The van der Waals surface area contributed by atoms with Gasteiger partial charge in [-0.1, -0.05) is 31.2 Å². The second-order valence-electron chi connectivity index (χ2n) is 7.29. The molecule has 1 fully saturated rings. The first kappa shape index (κ1) is 15.4. The Bertz CT molecular complexity index is 1070. The third-order valence-electron chi connectivity index (χ3n) is 5.51. The highest BCUT2D eigenvalue weighted by molar-refractivity contribution is 5.91. The number of fused-ring (bicyclic) bond motifs is 2. The number of anilines is 1. The van der Waals surface area contributed by atoms with Crippen LogP contribution >= 0.6 is 0 Å². The Morgan fingerprint density at radius 1 is 0.923 bits per heavy atom. The van der Waals surface area contributed by atoms with Crippen LogP contribution in [-0.4, -0.2) is 27.6 Å². The predicted molar refractivity (Wildman–Crippen MR) is 107 cm³/mol. The summed E-state index contributed by atoms with van der Waals surface area (Å²) < 4.78 is 2.07. The summed E-state index contributed by atoms with van der Waals surface area (Å²) >= 11 is 0. The minimum absolute atomic E-state index is 0.821. The summed E-state index contributed by atoms with van der Waals surface area (Å²) in [5.74, 6) is 1.74. The van der Waals surface area contributed by atoms with E-state index in [1.165, 1.54) is 23.9 Å². The number of pyridine rings is 1. The molecule has 5 rings (SSSR count). The van der Waals surface area contributed by atoms with Gasteiger partial charge in [0.25, 0.3) is 0 Å². The van der Waals surface area contributed by atoms with E-state index in [4.69, 9.17) is 4.98 Å². The number of benzene rings is 2. The highest BCUT2D eigenvalue weighted by atomic mass is 15.2. The number of nitrogens with zero attached hydrogens (tertiary/aromatic N) is 4. The highest BCUT2D eigenvalue weighted by Gasteiger charge is 2.18. The fourth-order valence-electron chi connectivity index (χ4n) is 3.90. The molecule has 130 valence electrons. The molecular weight excluding hydrogens is 320 g/mol. The van der Waals surface area contributed by atoms with Gasteiger partial charge >= 0.3 is 0 Å². The standard InChI is InChI=1S/C22H22N4/c1-16-11-13-25(14-12-16)20-8-4-5-17-9-10-21(24-22(17)20)26-15-23-18-6-2-3-7-19(18)26/h2-10,15-16H,11-14H2,1H3. The minimum atomic E-state index is 0.821. The molecule has 26 heavy (non-hydrogen) atoms. The first-order chi connectivity index (χ1) is 12.8. The van der Waals surface area contributed by atoms with E-state index in [0.29, 0.717) is 0 Å². The monoisotopic (exact) mass is 342 g/mol. The minimum Gasteiger partial charge on any atom is -0.370 e. The SMILES string of the molecule is CC1CCN(c2cccc3ccc(-n4cnc5ccccc54)nc23)CC1. The Kier molecular flexibility index (Phi) is 3.63. The van der Waals surface area contributed by atoms with Crippen molar-refractivity contribution in [3.63, 3.8) is 0 Å². The fourth-order valence-corrected chi connectivity index (χ4v) is 3.90. The molecule has 4 heteroatoms. The summed E-state index contributed by atoms with van der Waals surface area (Å²) in [6, 6.07) is 18.9. The predicted octanol–water partition coefficient (Wildman–Crippen LogP) is 4.81.